The van der Waals surface area contributed by atoms with Crippen molar-refractivity contribution >= 4 is 37.5 Å². The van der Waals surface area contributed by atoms with Crippen LogP contribution in [0.25, 0.3) is 0 Å². The summed E-state index contributed by atoms with van der Waals surface area (Å²) < 4.78 is 8.65. The smallest absolute Gasteiger partial charge is 0.199 e. The molecule has 2 atom stereocenters. The maximum absolute atomic E-state index is 6.48. The van der Waals surface area contributed by atoms with E-state index < -0.39 is 0 Å². The van der Waals surface area contributed by atoms with Gasteiger partial charge in [-0.3, -0.25) is 0 Å². The molecule has 124 valence electrons. The Labute approximate surface area is 163 Å². The van der Waals surface area contributed by atoms with Crippen LogP contribution in [0.15, 0.2) is 75.7 Å². The number of fused-ring (bicyclic) bond motifs is 5. The van der Waals surface area contributed by atoms with Crippen molar-refractivity contribution < 1.29 is 4.74 Å². The molecule has 1 unspecified atom stereocenters. The van der Waals surface area contributed by atoms with Gasteiger partial charge in [0.2, 0.25) is 0 Å². The maximum atomic E-state index is 6.48. The molecule has 2 aliphatic heterocycles. The first-order valence-corrected chi connectivity index (χ1v) is 9.87. The van der Waals surface area contributed by atoms with Gasteiger partial charge in [-0.2, -0.15) is 0 Å². The molecule has 2 aliphatic rings. The second-order valence-electron chi connectivity index (χ2n) is 6.46. The molecule has 0 spiro atoms. The van der Waals surface area contributed by atoms with Crippen LogP contribution in [0, 0.1) is 0 Å². The van der Waals surface area contributed by atoms with Gasteiger partial charge in [-0.1, -0.05) is 68.3 Å². The summed E-state index contributed by atoms with van der Waals surface area (Å²) in [7, 11) is 0. The molecule has 0 bridgehead atoms. The van der Waals surface area contributed by atoms with Crippen molar-refractivity contribution in [2.45, 2.75) is 18.7 Å². The van der Waals surface area contributed by atoms with Gasteiger partial charge in [-0.15, -0.1) is 0 Å². The monoisotopic (exact) mass is 455 g/mol. The Hall–Kier alpha value is -1.78. The molecule has 0 radical (unpaired) electrons. The normalized spacial score (nSPS) is 20.5. The standard InChI is InChI=1S/C21H15Br2NO/c22-15-7-9-18-14(10-15)11-19-17-8-6-16(23)12-20(17)25-21(24(18)19)13-4-2-1-3-5-13/h1-10,12,19,21H,11H2/t19?,21-/m0/s1. The summed E-state index contributed by atoms with van der Waals surface area (Å²) >= 11 is 7.19. The second kappa shape index (κ2) is 5.89. The van der Waals surface area contributed by atoms with Crippen molar-refractivity contribution in [1.82, 2.24) is 0 Å². The van der Waals surface area contributed by atoms with E-state index in [4.69, 9.17) is 4.74 Å². The Bertz CT molecular complexity index is 957. The highest BCUT2D eigenvalue weighted by Crippen LogP contribution is 2.52. The first-order valence-electron chi connectivity index (χ1n) is 8.28. The summed E-state index contributed by atoms with van der Waals surface area (Å²) in [5, 5.41) is 0. The van der Waals surface area contributed by atoms with E-state index in [1.165, 1.54) is 22.4 Å². The maximum Gasteiger partial charge on any atom is 0.199 e. The molecule has 0 aromatic heterocycles. The van der Waals surface area contributed by atoms with Gasteiger partial charge in [0.1, 0.15) is 5.75 Å². The summed E-state index contributed by atoms with van der Waals surface area (Å²) in [5.74, 6) is 0.969. The lowest BCUT2D eigenvalue weighted by Crippen LogP contribution is -2.37. The zero-order valence-corrected chi connectivity index (χ0v) is 16.5. The highest BCUT2D eigenvalue weighted by molar-refractivity contribution is 9.10. The number of rotatable bonds is 1. The van der Waals surface area contributed by atoms with Crippen LogP contribution in [-0.4, -0.2) is 0 Å². The zero-order valence-electron chi connectivity index (χ0n) is 13.3. The largest absolute Gasteiger partial charge is 0.466 e. The average Bonchev–Trinajstić information content (AvgIpc) is 3.00. The number of benzene rings is 3. The quantitative estimate of drug-likeness (QED) is 0.419. The molecule has 5 rings (SSSR count). The van der Waals surface area contributed by atoms with E-state index in [9.17, 15) is 0 Å². The number of halogens is 2. The minimum absolute atomic E-state index is 0.115. The lowest BCUT2D eigenvalue weighted by Gasteiger charge is -2.41. The first-order chi connectivity index (χ1) is 12.2. The molecular weight excluding hydrogens is 442 g/mol. The molecule has 0 aliphatic carbocycles. The van der Waals surface area contributed by atoms with Crippen LogP contribution in [0.5, 0.6) is 5.75 Å². The van der Waals surface area contributed by atoms with E-state index in [1.54, 1.807) is 0 Å². The molecule has 4 heteroatoms. The molecule has 2 nitrogen and oxygen atoms in total. The van der Waals surface area contributed by atoms with Crippen LogP contribution in [0.1, 0.15) is 29.0 Å². The topological polar surface area (TPSA) is 12.5 Å². The molecule has 3 aromatic carbocycles. The van der Waals surface area contributed by atoms with Crippen molar-refractivity contribution in [3.05, 3.63) is 92.4 Å². The summed E-state index contributed by atoms with van der Waals surface area (Å²) in [5.41, 5.74) is 5.05. The highest BCUT2D eigenvalue weighted by atomic mass is 79.9. The van der Waals surface area contributed by atoms with Crippen molar-refractivity contribution in [3.63, 3.8) is 0 Å². The number of hydrogen-bond acceptors (Lipinski definition) is 2. The number of anilines is 1. The van der Waals surface area contributed by atoms with E-state index in [2.05, 4.69) is 97.4 Å². The van der Waals surface area contributed by atoms with Crippen LogP contribution in [-0.2, 0) is 6.42 Å². The van der Waals surface area contributed by atoms with Gasteiger partial charge in [0, 0.05) is 25.8 Å². The van der Waals surface area contributed by atoms with Gasteiger partial charge in [-0.25, -0.2) is 0 Å². The molecule has 0 N–H and O–H groups in total. The Morgan fingerprint density at radius 3 is 2.48 bits per heavy atom. The van der Waals surface area contributed by atoms with Crippen molar-refractivity contribution in [2.75, 3.05) is 4.90 Å². The van der Waals surface area contributed by atoms with Gasteiger partial charge < -0.3 is 9.64 Å². The van der Waals surface area contributed by atoms with E-state index >= 15 is 0 Å². The summed E-state index contributed by atoms with van der Waals surface area (Å²) in [6.45, 7) is 0. The number of nitrogens with zero attached hydrogens (tertiary/aromatic N) is 1. The molecule has 0 amide bonds. The van der Waals surface area contributed by atoms with Gasteiger partial charge in [0.05, 0.1) is 6.04 Å². The summed E-state index contributed by atoms with van der Waals surface area (Å²) in [6, 6.07) is 23.7. The van der Waals surface area contributed by atoms with E-state index in [0.717, 1.165) is 21.1 Å². The molecule has 0 saturated carbocycles. The molecule has 2 heterocycles. The van der Waals surface area contributed by atoms with Crippen LogP contribution in [0.3, 0.4) is 0 Å². The second-order valence-corrected chi connectivity index (χ2v) is 8.29. The minimum atomic E-state index is -0.115. The number of ether oxygens (including phenoxy) is 1. The summed E-state index contributed by atoms with van der Waals surface area (Å²) in [6.07, 6.45) is 0.881. The van der Waals surface area contributed by atoms with Crippen molar-refractivity contribution in [3.8, 4) is 5.75 Å². The first kappa shape index (κ1) is 15.5. The van der Waals surface area contributed by atoms with Crippen LogP contribution < -0.4 is 9.64 Å². The SMILES string of the molecule is Brc1ccc2c(c1)CC1c3ccc(Br)cc3O[C@@H](c3ccccc3)N21. The predicted octanol–water partition coefficient (Wildman–Crippen LogP) is 6.41. The van der Waals surface area contributed by atoms with Crippen molar-refractivity contribution in [1.29, 1.82) is 0 Å². The zero-order chi connectivity index (χ0) is 17.0. The molecule has 0 fully saturated rings. The fraction of sp³-hybridized carbons (Fsp3) is 0.143. The van der Waals surface area contributed by atoms with E-state index in [0.29, 0.717) is 6.04 Å². The van der Waals surface area contributed by atoms with Gasteiger partial charge in [-0.05, 0) is 42.3 Å². The predicted molar refractivity (Wildman–Crippen MR) is 107 cm³/mol. The fourth-order valence-electron chi connectivity index (χ4n) is 3.90. The summed E-state index contributed by atoms with van der Waals surface area (Å²) in [4.78, 5) is 2.42. The lowest BCUT2D eigenvalue weighted by atomic mass is 9.99. The van der Waals surface area contributed by atoms with Crippen LogP contribution in [0.4, 0.5) is 5.69 Å². The number of hydrogen-bond donors (Lipinski definition) is 0. The Morgan fingerprint density at radius 1 is 0.880 bits per heavy atom. The van der Waals surface area contributed by atoms with Crippen molar-refractivity contribution in [2.24, 2.45) is 0 Å². The van der Waals surface area contributed by atoms with Gasteiger partial charge >= 0.3 is 0 Å². The highest BCUT2D eigenvalue weighted by Gasteiger charge is 2.42. The van der Waals surface area contributed by atoms with Crippen LogP contribution >= 0.6 is 31.9 Å². The lowest BCUT2D eigenvalue weighted by molar-refractivity contribution is 0.167. The Morgan fingerprint density at radius 2 is 1.64 bits per heavy atom. The fourth-order valence-corrected chi connectivity index (χ4v) is 4.65. The third kappa shape index (κ3) is 2.51. The molecule has 3 aromatic rings. The average molecular weight is 457 g/mol. The molecule has 25 heavy (non-hydrogen) atoms. The molecule has 0 saturated heterocycles. The van der Waals surface area contributed by atoms with Gasteiger partial charge in [0.15, 0.2) is 6.23 Å². The van der Waals surface area contributed by atoms with Gasteiger partial charge in [0.25, 0.3) is 0 Å². The third-order valence-corrected chi connectivity index (χ3v) is 5.97. The Kier molecular flexibility index (Phi) is 3.64. The van der Waals surface area contributed by atoms with E-state index in [-0.39, 0.29) is 6.23 Å². The Balaban J connectivity index is 1.70. The third-order valence-electron chi connectivity index (χ3n) is 4.98. The minimum Gasteiger partial charge on any atom is -0.466 e. The molecular formula is C21H15Br2NO. The van der Waals surface area contributed by atoms with Crippen LogP contribution in [0.2, 0.25) is 0 Å². The van der Waals surface area contributed by atoms with E-state index in [1.807, 2.05) is 6.07 Å².